The molecule has 3 aromatic rings. The second kappa shape index (κ2) is 7.20. The average molecular weight is 389 g/mol. The Bertz CT molecular complexity index is 1110. The molecule has 0 aliphatic carbocycles. The summed E-state index contributed by atoms with van der Waals surface area (Å²) in [4.78, 5) is 25.8. The fraction of sp³-hybridized carbons (Fsp3) is 0.261. The Morgan fingerprint density at radius 1 is 1.14 bits per heavy atom. The summed E-state index contributed by atoms with van der Waals surface area (Å²) in [5, 5.41) is 7.59. The molecular formula is C23H23N3O3. The largest absolute Gasteiger partial charge is 0.497 e. The van der Waals surface area contributed by atoms with Crippen molar-refractivity contribution in [3.8, 4) is 11.4 Å². The van der Waals surface area contributed by atoms with E-state index in [1.807, 2.05) is 32.9 Å². The molecule has 0 saturated carbocycles. The van der Waals surface area contributed by atoms with E-state index in [1.165, 1.54) is 0 Å². The van der Waals surface area contributed by atoms with Crippen LogP contribution < -0.4 is 10.1 Å². The highest BCUT2D eigenvalue weighted by molar-refractivity contribution is 6.08. The molecule has 0 radical (unpaired) electrons. The van der Waals surface area contributed by atoms with E-state index in [2.05, 4.69) is 16.5 Å². The number of anilines is 1. The third-order valence-corrected chi connectivity index (χ3v) is 5.22. The highest BCUT2D eigenvalue weighted by Gasteiger charge is 2.36. The van der Waals surface area contributed by atoms with E-state index in [1.54, 1.807) is 36.1 Å². The van der Waals surface area contributed by atoms with Gasteiger partial charge >= 0.3 is 0 Å². The number of carbonyl (C=O) groups is 2. The van der Waals surface area contributed by atoms with Gasteiger partial charge in [0.25, 0.3) is 0 Å². The molecule has 1 aromatic heterocycles. The number of amides is 1. The molecule has 2 aromatic carbocycles. The molecule has 4 rings (SSSR count). The summed E-state index contributed by atoms with van der Waals surface area (Å²) in [5.41, 5.74) is 5.10. The van der Waals surface area contributed by atoms with Gasteiger partial charge in [0.05, 0.1) is 24.4 Å². The van der Waals surface area contributed by atoms with Gasteiger partial charge in [0.1, 0.15) is 11.6 Å². The number of Topliss-reactive ketones (excluding diaryl/α,β-unsaturated/α-hetero) is 1. The highest BCUT2D eigenvalue weighted by atomic mass is 16.5. The first-order valence-electron chi connectivity index (χ1n) is 9.53. The van der Waals surface area contributed by atoms with Crippen LogP contribution in [0.3, 0.4) is 0 Å². The van der Waals surface area contributed by atoms with Crippen molar-refractivity contribution >= 4 is 17.5 Å². The van der Waals surface area contributed by atoms with Gasteiger partial charge in [-0.15, -0.1) is 0 Å². The summed E-state index contributed by atoms with van der Waals surface area (Å²) in [6.45, 7) is 5.92. The van der Waals surface area contributed by atoms with Gasteiger partial charge in [-0.3, -0.25) is 9.59 Å². The summed E-state index contributed by atoms with van der Waals surface area (Å²) >= 11 is 0. The lowest BCUT2D eigenvalue weighted by molar-refractivity contribution is -0.116. The summed E-state index contributed by atoms with van der Waals surface area (Å²) in [7, 11) is 1.56. The summed E-state index contributed by atoms with van der Waals surface area (Å²) in [5.74, 6) is 0.307. The van der Waals surface area contributed by atoms with Crippen molar-refractivity contribution in [3.05, 3.63) is 70.4 Å². The molecule has 1 amide bonds. The molecule has 0 bridgehead atoms. The lowest BCUT2D eigenvalue weighted by Crippen LogP contribution is -2.28. The van der Waals surface area contributed by atoms with Crippen molar-refractivity contribution < 1.29 is 14.3 Å². The molecule has 1 unspecified atom stereocenters. The Morgan fingerprint density at radius 3 is 2.55 bits per heavy atom. The van der Waals surface area contributed by atoms with E-state index >= 15 is 0 Å². The first-order chi connectivity index (χ1) is 13.9. The van der Waals surface area contributed by atoms with Crippen LogP contribution in [0.5, 0.6) is 5.75 Å². The number of aryl methyl sites for hydroxylation is 3. The third-order valence-electron chi connectivity index (χ3n) is 5.22. The number of ketones is 1. The van der Waals surface area contributed by atoms with Crippen molar-refractivity contribution in [2.75, 3.05) is 12.4 Å². The topological polar surface area (TPSA) is 73.2 Å². The number of ether oxygens (including phenoxy) is 1. The Morgan fingerprint density at radius 2 is 1.86 bits per heavy atom. The molecule has 148 valence electrons. The number of methoxy groups -OCH3 is 1. The van der Waals surface area contributed by atoms with E-state index < -0.39 is 5.92 Å². The maximum Gasteiger partial charge on any atom is 0.226 e. The van der Waals surface area contributed by atoms with Crippen molar-refractivity contribution in [2.45, 2.75) is 33.1 Å². The van der Waals surface area contributed by atoms with Crippen LogP contribution in [0, 0.1) is 20.8 Å². The Labute approximate surface area is 169 Å². The zero-order valence-electron chi connectivity index (χ0n) is 16.9. The summed E-state index contributed by atoms with van der Waals surface area (Å²) in [6.07, 6.45) is 0.0996. The molecule has 1 N–H and O–H groups in total. The Kier molecular flexibility index (Phi) is 4.70. The van der Waals surface area contributed by atoms with Crippen LogP contribution in [-0.2, 0) is 4.79 Å². The van der Waals surface area contributed by atoms with Gasteiger partial charge in [-0.2, -0.15) is 5.10 Å². The van der Waals surface area contributed by atoms with Crippen molar-refractivity contribution in [1.29, 1.82) is 0 Å². The number of hydrogen-bond donors (Lipinski definition) is 1. The van der Waals surface area contributed by atoms with Crippen molar-refractivity contribution in [3.63, 3.8) is 0 Å². The number of hydrogen-bond acceptors (Lipinski definition) is 4. The van der Waals surface area contributed by atoms with Crippen LogP contribution >= 0.6 is 0 Å². The van der Waals surface area contributed by atoms with E-state index in [0.29, 0.717) is 17.1 Å². The van der Waals surface area contributed by atoms with Crippen LogP contribution in [0.15, 0.2) is 42.5 Å². The molecule has 0 fully saturated rings. The van der Waals surface area contributed by atoms with Gasteiger partial charge in [0.2, 0.25) is 5.91 Å². The van der Waals surface area contributed by atoms with Gasteiger partial charge < -0.3 is 10.1 Å². The maximum absolute atomic E-state index is 13.3. The number of benzene rings is 2. The van der Waals surface area contributed by atoms with Gasteiger partial charge in [-0.05, 0) is 56.2 Å². The number of aromatic nitrogens is 2. The van der Waals surface area contributed by atoms with Gasteiger partial charge in [0, 0.05) is 17.5 Å². The van der Waals surface area contributed by atoms with E-state index in [-0.39, 0.29) is 18.1 Å². The minimum absolute atomic E-state index is 0.0996. The number of nitrogens with zero attached hydrogens (tertiary/aromatic N) is 2. The molecule has 2 heterocycles. The second-order valence-electron chi connectivity index (χ2n) is 7.51. The maximum atomic E-state index is 13.3. The molecule has 6 heteroatoms. The molecule has 0 spiro atoms. The predicted octanol–water partition coefficient (Wildman–Crippen LogP) is 4.11. The number of carbonyl (C=O) groups excluding carboxylic acids is 2. The summed E-state index contributed by atoms with van der Waals surface area (Å²) in [6, 6.07) is 13.1. The molecular weight excluding hydrogens is 366 g/mol. The van der Waals surface area contributed by atoms with Gasteiger partial charge in [-0.25, -0.2) is 4.68 Å². The molecule has 1 aliphatic heterocycles. The van der Waals surface area contributed by atoms with Gasteiger partial charge in [-0.1, -0.05) is 18.2 Å². The second-order valence-corrected chi connectivity index (χ2v) is 7.51. The van der Waals surface area contributed by atoms with Crippen LogP contribution in [0.2, 0.25) is 0 Å². The minimum Gasteiger partial charge on any atom is -0.497 e. The van der Waals surface area contributed by atoms with E-state index in [0.717, 1.165) is 28.1 Å². The third kappa shape index (κ3) is 3.42. The number of nitrogens with one attached hydrogen (secondary N) is 1. The zero-order chi connectivity index (χ0) is 20.7. The monoisotopic (exact) mass is 389 g/mol. The molecule has 0 saturated heterocycles. The first-order valence-corrected chi connectivity index (χ1v) is 9.53. The van der Waals surface area contributed by atoms with Crippen LogP contribution in [-0.4, -0.2) is 28.6 Å². The molecule has 6 nitrogen and oxygen atoms in total. The van der Waals surface area contributed by atoms with Crippen LogP contribution in [0.4, 0.5) is 5.82 Å². The standard InChI is InChI=1S/C23H23N3O3/c1-13-8-14(2)10-17(9-13)26-23-21(15(3)25-26)19(12-20(27)24-23)22(28)16-6-5-7-18(11-16)29-4/h5-11,19H,12H2,1-4H3,(H,24,27). The predicted molar refractivity (Wildman–Crippen MR) is 111 cm³/mol. The smallest absolute Gasteiger partial charge is 0.226 e. The lowest BCUT2D eigenvalue weighted by Gasteiger charge is -2.23. The van der Waals surface area contributed by atoms with Crippen molar-refractivity contribution in [2.24, 2.45) is 0 Å². The fourth-order valence-corrected chi connectivity index (χ4v) is 4.01. The van der Waals surface area contributed by atoms with E-state index in [9.17, 15) is 9.59 Å². The molecule has 29 heavy (non-hydrogen) atoms. The molecule has 1 aliphatic rings. The van der Waals surface area contributed by atoms with Gasteiger partial charge in [0.15, 0.2) is 5.78 Å². The first kappa shape index (κ1) is 18.9. The average Bonchev–Trinajstić information content (AvgIpc) is 3.02. The highest BCUT2D eigenvalue weighted by Crippen LogP contribution is 2.38. The number of rotatable bonds is 4. The normalized spacial score (nSPS) is 15.6. The Hall–Kier alpha value is -3.41. The quantitative estimate of drug-likeness (QED) is 0.682. The molecule has 1 atom stereocenters. The summed E-state index contributed by atoms with van der Waals surface area (Å²) < 4.78 is 6.97. The fourth-order valence-electron chi connectivity index (χ4n) is 4.01. The number of fused-ring (bicyclic) bond motifs is 1. The Balaban J connectivity index is 1.82. The lowest BCUT2D eigenvalue weighted by atomic mass is 9.85. The SMILES string of the molecule is COc1cccc(C(=O)C2CC(=O)Nc3c2c(C)nn3-c2cc(C)cc(C)c2)c1. The van der Waals surface area contributed by atoms with Crippen molar-refractivity contribution in [1.82, 2.24) is 9.78 Å². The zero-order valence-corrected chi connectivity index (χ0v) is 16.9. The van der Waals surface area contributed by atoms with Crippen LogP contribution in [0.1, 0.15) is 45.1 Å². The minimum atomic E-state index is -0.578. The van der Waals surface area contributed by atoms with Crippen LogP contribution in [0.25, 0.3) is 5.69 Å². The van der Waals surface area contributed by atoms with E-state index in [4.69, 9.17) is 4.74 Å².